The summed E-state index contributed by atoms with van der Waals surface area (Å²) < 4.78 is 27.0. The Morgan fingerprint density at radius 1 is 1.16 bits per heavy atom. The molecule has 0 saturated carbocycles. The molecule has 1 N–H and O–H groups in total. The molecule has 0 unspecified atom stereocenters. The van der Waals surface area contributed by atoms with Gasteiger partial charge in [0.2, 0.25) is 5.91 Å². The van der Waals surface area contributed by atoms with Gasteiger partial charge in [0.1, 0.15) is 0 Å². The summed E-state index contributed by atoms with van der Waals surface area (Å²) in [6.45, 7) is 4.95. The van der Waals surface area contributed by atoms with Crippen LogP contribution in [-0.4, -0.2) is 50.1 Å². The minimum atomic E-state index is -3.39. The van der Waals surface area contributed by atoms with Gasteiger partial charge in [0, 0.05) is 33.1 Å². The number of hydrogen-bond donors (Lipinski definition) is 1. The van der Waals surface area contributed by atoms with E-state index in [4.69, 9.17) is 0 Å². The Hall–Kier alpha value is -1.44. The van der Waals surface area contributed by atoms with Crippen molar-refractivity contribution >= 4 is 16.1 Å². The van der Waals surface area contributed by atoms with E-state index in [2.05, 4.69) is 19.2 Å². The lowest BCUT2D eigenvalue weighted by Crippen LogP contribution is -2.47. The first kappa shape index (κ1) is 19.9. The number of benzene rings is 1. The normalized spacial score (nSPS) is 18.5. The predicted molar refractivity (Wildman–Crippen MR) is 99.1 cm³/mol. The van der Waals surface area contributed by atoms with Crippen molar-refractivity contribution in [3.63, 3.8) is 0 Å². The van der Waals surface area contributed by atoms with E-state index in [0.717, 1.165) is 5.56 Å². The van der Waals surface area contributed by atoms with Crippen molar-refractivity contribution in [2.45, 2.75) is 32.7 Å². The molecule has 25 heavy (non-hydrogen) atoms. The first-order valence-corrected chi connectivity index (χ1v) is 10.2. The third kappa shape index (κ3) is 4.80. The highest BCUT2D eigenvalue weighted by Gasteiger charge is 2.33. The van der Waals surface area contributed by atoms with Crippen LogP contribution in [0.3, 0.4) is 0 Å². The molecule has 1 fully saturated rings. The SMILES string of the molecule is CC(C)[C@H](NC(=O)C1CCN(S(=O)(=O)N(C)C)CC1)c1ccccc1. The van der Waals surface area contributed by atoms with Crippen LogP contribution in [0.4, 0.5) is 0 Å². The minimum Gasteiger partial charge on any atom is -0.349 e. The zero-order valence-corrected chi connectivity index (χ0v) is 16.3. The van der Waals surface area contributed by atoms with Crippen molar-refractivity contribution in [1.29, 1.82) is 0 Å². The van der Waals surface area contributed by atoms with Crippen LogP contribution in [0.5, 0.6) is 0 Å². The third-order valence-corrected chi connectivity index (χ3v) is 6.68. The Kier molecular flexibility index (Phi) is 6.59. The molecule has 7 heteroatoms. The number of piperidine rings is 1. The second-order valence-electron chi connectivity index (χ2n) is 7.10. The highest BCUT2D eigenvalue weighted by Crippen LogP contribution is 2.25. The first-order valence-electron chi connectivity index (χ1n) is 8.76. The van der Waals surface area contributed by atoms with Crippen LogP contribution in [0.25, 0.3) is 0 Å². The molecule has 1 heterocycles. The van der Waals surface area contributed by atoms with E-state index in [9.17, 15) is 13.2 Å². The van der Waals surface area contributed by atoms with E-state index in [1.807, 2.05) is 30.3 Å². The summed E-state index contributed by atoms with van der Waals surface area (Å²) in [5, 5.41) is 3.16. The second kappa shape index (κ2) is 8.29. The fraction of sp³-hybridized carbons (Fsp3) is 0.611. The zero-order valence-electron chi connectivity index (χ0n) is 15.5. The predicted octanol–water partition coefficient (Wildman–Crippen LogP) is 2.02. The van der Waals surface area contributed by atoms with E-state index in [1.165, 1.54) is 22.7 Å². The molecule has 2 rings (SSSR count). The molecule has 0 aromatic heterocycles. The molecule has 1 amide bonds. The fourth-order valence-electron chi connectivity index (χ4n) is 3.15. The Morgan fingerprint density at radius 3 is 2.20 bits per heavy atom. The van der Waals surface area contributed by atoms with Gasteiger partial charge in [-0.3, -0.25) is 4.79 Å². The van der Waals surface area contributed by atoms with Crippen molar-refractivity contribution in [3.05, 3.63) is 35.9 Å². The highest BCUT2D eigenvalue weighted by molar-refractivity contribution is 7.86. The van der Waals surface area contributed by atoms with Gasteiger partial charge in [-0.15, -0.1) is 0 Å². The van der Waals surface area contributed by atoms with Gasteiger partial charge in [0.15, 0.2) is 0 Å². The van der Waals surface area contributed by atoms with Gasteiger partial charge >= 0.3 is 0 Å². The number of amides is 1. The molecular weight excluding hydrogens is 338 g/mol. The lowest BCUT2D eigenvalue weighted by atomic mass is 9.93. The van der Waals surface area contributed by atoms with Crippen LogP contribution in [0.15, 0.2) is 30.3 Å². The van der Waals surface area contributed by atoms with E-state index < -0.39 is 10.2 Å². The number of hydrogen-bond acceptors (Lipinski definition) is 3. The maximum atomic E-state index is 12.7. The summed E-state index contributed by atoms with van der Waals surface area (Å²) in [7, 11) is -0.336. The molecule has 1 saturated heterocycles. The standard InChI is InChI=1S/C18H29N3O3S/c1-14(2)17(15-8-6-5-7-9-15)19-18(22)16-10-12-21(13-11-16)25(23,24)20(3)4/h5-9,14,16-17H,10-13H2,1-4H3,(H,19,22)/t17-/m0/s1. The molecule has 1 aliphatic rings. The van der Waals surface area contributed by atoms with Crippen LogP contribution < -0.4 is 5.32 Å². The second-order valence-corrected chi connectivity index (χ2v) is 9.25. The Balaban J connectivity index is 1.98. The monoisotopic (exact) mass is 367 g/mol. The molecule has 0 radical (unpaired) electrons. The smallest absolute Gasteiger partial charge is 0.281 e. The van der Waals surface area contributed by atoms with Gasteiger partial charge in [-0.05, 0) is 24.3 Å². The van der Waals surface area contributed by atoms with Crippen LogP contribution in [0.1, 0.15) is 38.3 Å². The highest BCUT2D eigenvalue weighted by atomic mass is 32.2. The molecule has 1 aliphatic heterocycles. The van der Waals surface area contributed by atoms with Crippen LogP contribution in [0.2, 0.25) is 0 Å². The molecule has 0 aliphatic carbocycles. The van der Waals surface area contributed by atoms with Crippen molar-refractivity contribution in [3.8, 4) is 0 Å². The van der Waals surface area contributed by atoms with E-state index >= 15 is 0 Å². The molecule has 0 spiro atoms. The van der Waals surface area contributed by atoms with E-state index in [0.29, 0.717) is 25.9 Å². The summed E-state index contributed by atoms with van der Waals surface area (Å²) in [6.07, 6.45) is 1.11. The van der Waals surface area contributed by atoms with Crippen LogP contribution in [-0.2, 0) is 15.0 Å². The Bertz CT molecular complexity index is 666. The van der Waals surface area contributed by atoms with Gasteiger partial charge in [-0.2, -0.15) is 17.0 Å². The third-order valence-electron chi connectivity index (χ3n) is 4.74. The van der Waals surface area contributed by atoms with Gasteiger partial charge in [-0.1, -0.05) is 44.2 Å². The summed E-state index contributed by atoms with van der Waals surface area (Å²) in [5.74, 6) is 0.156. The van der Waals surface area contributed by atoms with E-state index in [1.54, 1.807) is 0 Å². The zero-order chi connectivity index (χ0) is 18.6. The fourth-order valence-corrected chi connectivity index (χ4v) is 4.28. The van der Waals surface area contributed by atoms with Crippen LogP contribution >= 0.6 is 0 Å². The molecule has 1 aromatic carbocycles. The number of nitrogens with zero attached hydrogens (tertiary/aromatic N) is 2. The van der Waals surface area contributed by atoms with Crippen molar-refractivity contribution in [1.82, 2.24) is 13.9 Å². The summed E-state index contributed by atoms with van der Waals surface area (Å²) >= 11 is 0. The molecular formula is C18H29N3O3S. The maximum Gasteiger partial charge on any atom is 0.281 e. The number of carbonyl (C=O) groups excluding carboxylic acids is 1. The van der Waals surface area contributed by atoms with Crippen LogP contribution in [0, 0.1) is 11.8 Å². The van der Waals surface area contributed by atoms with Gasteiger partial charge in [0.05, 0.1) is 6.04 Å². The number of carbonyl (C=O) groups is 1. The topological polar surface area (TPSA) is 69.7 Å². The average molecular weight is 368 g/mol. The lowest BCUT2D eigenvalue weighted by molar-refractivity contribution is -0.127. The lowest BCUT2D eigenvalue weighted by Gasteiger charge is -2.33. The molecule has 140 valence electrons. The first-order chi connectivity index (χ1) is 11.7. The Morgan fingerprint density at radius 2 is 1.72 bits per heavy atom. The van der Waals surface area contributed by atoms with Gasteiger partial charge < -0.3 is 5.32 Å². The van der Waals surface area contributed by atoms with E-state index in [-0.39, 0.29) is 23.8 Å². The summed E-state index contributed by atoms with van der Waals surface area (Å²) in [5.41, 5.74) is 1.10. The van der Waals surface area contributed by atoms with Crippen molar-refractivity contribution < 1.29 is 13.2 Å². The van der Waals surface area contributed by atoms with Crippen molar-refractivity contribution in [2.75, 3.05) is 27.2 Å². The quantitative estimate of drug-likeness (QED) is 0.836. The number of rotatable bonds is 6. The number of nitrogens with one attached hydrogen (secondary N) is 1. The maximum absolute atomic E-state index is 12.7. The molecule has 1 aromatic rings. The van der Waals surface area contributed by atoms with Gasteiger partial charge in [-0.25, -0.2) is 0 Å². The average Bonchev–Trinajstić information content (AvgIpc) is 2.59. The minimum absolute atomic E-state index is 0.0180. The Labute approximate surface area is 151 Å². The van der Waals surface area contributed by atoms with Crippen molar-refractivity contribution in [2.24, 2.45) is 11.8 Å². The summed E-state index contributed by atoms with van der Waals surface area (Å²) in [6, 6.07) is 9.93. The summed E-state index contributed by atoms with van der Waals surface area (Å²) in [4.78, 5) is 12.7. The molecule has 0 bridgehead atoms. The largest absolute Gasteiger partial charge is 0.349 e. The molecule has 6 nitrogen and oxygen atoms in total. The molecule has 1 atom stereocenters. The van der Waals surface area contributed by atoms with Gasteiger partial charge in [0.25, 0.3) is 10.2 Å².